The van der Waals surface area contributed by atoms with Crippen molar-refractivity contribution >= 4 is 106 Å². The van der Waals surface area contributed by atoms with Crippen LogP contribution in [0.4, 0.5) is 0 Å². The van der Waals surface area contributed by atoms with Crippen molar-refractivity contribution in [2.45, 2.75) is 45.7 Å². The summed E-state index contributed by atoms with van der Waals surface area (Å²) in [6.07, 6.45) is 4.71. The largest absolute Gasteiger partial charge is 0.457 e. The minimum absolute atomic E-state index is 0.105. The van der Waals surface area contributed by atoms with Gasteiger partial charge in [-0.25, -0.2) is 9.59 Å². The van der Waals surface area contributed by atoms with Gasteiger partial charge in [0.1, 0.15) is 12.2 Å². The van der Waals surface area contributed by atoms with E-state index < -0.39 is 0 Å². The third kappa shape index (κ3) is 16.1. The smallest absolute Gasteiger partial charge is 0.330 e. The topological polar surface area (TPSA) is 52.6 Å². The van der Waals surface area contributed by atoms with Gasteiger partial charge in [-0.1, -0.05) is 37.4 Å². The highest BCUT2D eigenvalue weighted by molar-refractivity contribution is 8.20. The zero-order chi connectivity index (χ0) is 29.8. The number of thioether (sulfide) groups is 8. The first-order chi connectivity index (χ1) is 20.6. The summed E-state index contributed by atoms with van der Waals surface area (Å²) in [5, 5.41) is 0. The lowest BCUT2D eigenvalue weighted by Gasteiger charge is -2.17. The van der Waals surface area contributed by atoms with Gasteiger partial charge in [0.05, 0.1) is 9.16 Å². The Bertz CT molecular complexity index is 861. The van der Waals surface area contributed by atoms with Crippen molar-refractivity contribution in [3.63, 3.8) is 0 Å². The molecule has 2 saturated heterocycles. The highest BCUT2D eigenvalue weighted by Gasteiger charge is 2.19. The van der Waals surface area contributed by atoms with Gasteiger partial charge in [0.2, 0.25) is 0 Å². The Hall–Kier alpha value is 0.440. The van der Waals surface area contributed by atoms with Gasteiger partial charge in [-0.2, -0.15) is 47.0 Å². The summed E-state index contributed by atoms with van der Waals surface area (Å²) < 4.78 is 12.7. The molecular formula is C30H42O4S8. The number of esters is 2. The average molecular weight is 723 g/mol. The Morgan fingerprint density at radius 1 is 0.690 bits per heavy atom. The van der Waals surface area contributed by atoms with Crippen LogP contribution in [0.25, 0.3) is 0 Å². The molecule has 234 valence electrons. The van der Waals surface area contributed by atoms with E-state index in [0.29, 0.717) is 0 Å². The van der Waals surface area contributed by atoms with Crippen molar-refractivity contribution in [3.05, 3.63) is 60.7 Å². The highest BCUT2D eigenvalue weighted by Crippen LogP contribution is 2.36. The molecule has 0 saturated carbocycles. The number of benzene rings is 1. The maximum Gasteiger partial charge on any atom is 0.330 e. The molecule has 0 bridgehead atoms. The number of hydrogen-bond acceptors (Lipinski definition) is 12. The molecule has 2 aliphatic rings. The monoisotopic (exact) mass is 722 g/mol. The Morgan fingerprint density at radius 2 is 1.05 bits per heavy atom. The fraction of sp³-hybridized carbons (Fsp3) is 0.600. The summed E-state index contributed by atoms with van der Waals surface area (Å²) >= 11 is 15.6. The molecule has 0 aliphatic carbocycles. The van der Waals surface area contributed by atoms with Crippen molar-refractivity contribution in [1.82, 2.24) is 0 Å². The van der Waals surface area contributed by atoms with Crippen molar-refractivity contribution < 1.29 is 19.1 Å². The van der Waals surface area contributed by atoms with E-state index >= 15 is 0 Å². The summed E-state index contributed by atoms with van der Waals surface area (Å²) in [7, 11) is 0. The summed E-state index contributed by atoms with van der Waals surface area (Å²) in [4.78, 5) is 23.7. The van der Waals surface area contributed by atoms with E-state index in [1.54, 1.807) is 23.5 Å². The number of carbonyl (C=O) groups is 2. The lowest BCUT2D eigenvalue weighted by Crippen LogP contribution is -2.22. The van der Waals surface area contributed by atoms with Gasteiger partial charge in [0.15, 0.2) is 0 Å². The van der Waals surface area contributed by atoms with Crippen molar-refractivity contribution in [1.29, 1.82) is 0 Å². The van der Waals surface area contributed by atoms with E-state index in [1.165, 1.54) is 59.1 Å². The highest BCUT2D eigenvalue weighted by atomic mass is 32.2. The van der Waals surface area contributed by atoms with Crippen LogP contribution in [0.5, 0.6) is 0 Å². The maximum absolute atomic E-state index is 11.8. The molecule has 1 aromatic carbocycles. The number of hydrogen-bond donors (Lipinski definition) is 0. The lowest BCUT2D eigenvalue weighted by atomic mass is 10.2. The van der Waals surface area contributed by atoms with Gasteiger partial charge in [0.25, 0.3) is 0 Å². The second-order valence-corrected chi connectivity index (χ2v) is 19.6. The molecule has 0 N–H and O–H groups in total. The number of carbonyl (C=O) groups excluding carboxylic acids is 2. The van der Waals surface area contributed by atoms with Crippen LogP contribution in [0.1, 0.15) is 24.0 Å². The van der Waals surface area contributed by atoms with Crippen LogP contribution in [0.15, 0.2) is 49.6 Å². The Balaban J connectivity index is 1.33. The standard InChI is InChI=1S/C30H42O4S8/c1-3-27(31)33-25(19-35-11-9-29-39-13-14-40-29)21-37-17-23-5-7-24(8-6-23)18-38-22-26(34-28(32)4-2)20-36-12-10-30-41-15-16-42-30/h3-8,25-26,29-30H,1-2,9-22H2. The molecule has 1 aromatic rings. The normalized spacial score (nSPS) is 17.1. The SMILES string of the molecule is C=CC(=O)OC(CSCCC1SCCS1)CSCc1ccc(CSCC(CSCCC2SCCS2)OC(=O)C=C)cc1. The first kappa shape index (κ1) is 36.9. The summed E-state index contributed by atoms with van der Waals surface area (Å²) in [6, 6.07) is 8.74. The van der Waals surface area contributed by atoms with Crippen LogP contribution < -0.4 is 0 Å². The molecule has 12 heteroatoms. The van der Waals surface area contributed by atoms with Gasteiger partial charge in [-0.15, -0.1) is 47.0 Å². The fourth-order valence-corrected chi connectivity index (χ4v) is 14.5. The molecule has 2 aliphatic heterocycles. The first-order valence-corrected chi connectivity index (χ1v) is 22.9. The number of ether oxygens (including phenoxy) is 2. The van der Waals surface area contributed by atoms with Crippen LogP contribution in [0.2, 0.25) is 0 Å². The van der Waals surface area contributed by atoms with Crippen molar-refractivity contribution in [2.24, 2.45) is 0 Å². The van der Waals surface area contributed by atoms with Crippen LogP contribution >= 0.6 is 94.1 Å². The summed E-state index contributed by atoms with van der Waals surface area (Å²) in [5.41, 5.74) is 2.52. The van der Waals surface area contributed by atoms with Crippen molar-refractivity contribution in [3.8, 4) is 0 Å². The van der Waals surface area contributed by atoms with Crippen LogP contribution in [-0.2, 0) is 30.6 Å². The fourth-order valence-electron chi connectivity index (χ4n) is 3.94. The molecule has 3 rings (SSSR count). The van der Waals surface area contributed by atoms with Gasteiger partial charge >= 0.3 is 11.9 Å². The van der Waals surface area contributed by atoms with E-state index in [2.05, 4.69) is 84.5 Å². The molecule has 0 spiro atoms. The van der Waals surface area contributed by atoms with Crippen molar-refractivity contribution in [2.75, 3.05) is 57.5 Å². The molecule has 2 fully saturated rings. The summed E-state index contributed by atoms with van der Waals surface area (Å²) in [6.45, 7) is 7.10. The molecule has 4 nitrogen and oxygen atoms in total. The van der Waals surface area contributed by atoms with Gasteiger partial charge in [0, 0.05) is 69.7 Å². The lowest BCUT2D eigenvalue weighted by molar-refractivity contribution is -0.141. The van der Waals surface area contributed by atoms with Gasteiger partial charge in [-0.05, 0) is 35.5 Å². The average Bonchev–Trinajstić information content (AvgIpc) is 3.72. The van der Waals surface area contributed by atoms with Crippen LogP contribution in [-0.4, -0.2) is 90.8 Å². The molecule has 0 amide bonds. The third-order valence-electron chi connectivity index (χ3n) is 6.05. The third-order valence-corrected chi connectivity index (χ3v) is 16.9. The second-order valence-electron chi connectivity index (χ2n) is 9.44. The Kier molecular flexibility index (Phi) is 20.1. The zero-order valence-electron chi connectivity index (χ0n) is 24.0. The van der Waals surface area contributed by atoms with Gasteiger partial charge in [-0.3, -0.25) is 0 Å². The van der Waals surface area contributed by atoms with E-state index in [-0.39, 0.29) is 24.1 Å². The molecular weight excluding hydrogens is 681 g/mol. The summed E-state index contributed by atoms with van der Waals surface area (Å²) in [5.74, 6) is 11.5. The first-order valence-electron chi connectivity index (χ1n) is 14.1. The molecule has 2 heterocycles. The molecule has 2 unspecified atom stereocenters. The Labute approximate surface area is 286 Å². The quantitative estimate of drug-likeness (QED) is 0.0659. The minimum Gasteiger partial charge on any atom is -0.457 e. The van der Waals surface area contributed by atoms with E-state index in [9.17, 15) is 9.59 Å². The molecule has 0 radical (unpaired) electrons. The minimum atomic E-state index is -0.340. The second kappa shape index (κ2) is 22.9. The van der Waals surface area contributed by atoms with Crippen LogP contribution in [0.3, 0.4) is 0 Å². The predicted octanol–water partition coefficient (Wildman–Crippen LogP) is 8.21. The molecule has 0 aromatic heterocycles. The molecule has 2 atom stereocenters. The zero-order valence-corrected chi connectivity index (χ0v) is 30.5. The number of rotatable bonds is 22. The van der Waals surface area contributed by atoms with Crippen LogP contribution in [0, 0.1) is 0 Å². The van der Waals surface area contributed by atoms with E-state index in [1.807, 2.05) is 23.5 Å². The predicted molar refractivity (Wildman–Crippen MR) is 200 cm³/mol. The Morgan fingerprint density at radius 3 is 1.40 bits per heavy atom. The maximum atomic E-state index is 11.8. The molecule has 42 heavy (non-hydrogen) atoms. The van der Waals surface area contributed by atoms with E-state index in [4.69, 9.17) is 9.47 Å². The van der Waals surface area contributed by atoms with E-state index in [0.717, 1.165) is 55.2 Å². The van der Waals surface area contributed by atoms with Gasteiger partial charge < -0.3 is 9.47 Å².